The lowest BCUT2D eigenvalue weighted by atomic mass is 10.1. The number of carbonyl (C=O) groups is 1. The first-order valence-corrected chi connectivity index (χ1v) is 9.07. The van der Waals surface area contributed by atoms with Crippen molar-refractivity contribution >= 4 is 33.0 Å². The Morgan fingerprint density at radius 3 is 1.85 bits per heavy atom. The summed E-state index contributed by atoms with van der Waals surface area (Å²) in [4.78, 5) is 10.7. The van der Waals surface area contributed by atoms with Crippen LogP contribution in [0, 0.1) is 6.92 Å². The molecule has 148 valence electrons. The maximum Gasteiger partial charge on any atom is 0.416 e. The molecule has 0 unspecified atom stereocenters. The van der Waals surface area contributed by atoms with E-state index >= 15 is 0 Å². The molecular formula is C14H9F6NO4S2. The molecule has 13 heteroatoms. The van der Waals surface area contributed by atoms with E-state index in [4.69, 9.17) is 5.11 Å². The lowest BCUT2D eigenvalue weighted by Crippen LogP contribution is -2.15. The number of hydrogen-bond donors (Lipinski definition) is 2. The Morgan fingerprint density at radius 2 is 1.48 bits per heavy atom. The zero-order chi connectivity index (χ0) is 20.8. The number of thiophene rings is 1. The molecule has 0 bridgehead atoms. The maximum absolute atomic E-state index is 12.8. The van der Waals surface area contributed by atoms with Crippen molar-refractivity contribution in [2.24, 2.45) is 0 Å². The lowest BCUT2D eigenvalue weighted by Gasteiger charge is -2.15. The second-order valence-electron chi connectivity index (χ2n) is 5.28. The zero-order valence-corrected chi connectivity index (χ0v) is 14.7. The van der Waals surface area contributed by atoms with Crippen LogP contribution < -0.4 is 4.72 Å². The van der Waals surface area contributed by atoms with Gasteiger partial charge in [0.05, 0.1) is 16.8 Å². The Morgan fingerprint density at radius 1 is 1.00 bits per heavy atom. The number of carboxylic acids is 1. The van der Waals surface area contributed by atoms with Crippen molar-refractivity contribution in [3.05, 3.63) is 45.8 Å². The normalized spacial score (nSPS) is 12.9. The van der Waals surface area contributed by atoms with E-state index in [1.807, 2.05) is 0 Å². The fourth-order valence-electron chi connectivity index (χ4n) is 2.02. The van der Waals surface area contributed by atoms with Crippen LogP contribution in [0.15, 0.2) is 28.5 Å². The number of aryl methyl sites for hydroxylation is 1. The molecule has 0 saturated carbocycles. The fraction of sp³-hybridized carbons (Fsp3) is 0.214. The molecule has 1 heterocycles. The van der Waals surface area contributed by atoms with E-state index in [0.29, 0.717) is 11.3 Å². The number of carboxylic acid groups (broad SMARTS) is 1. The summed E-state index contributed by atoms with van der Waals surface area (Å²) in [5.74, 6) is -1.42. The number of nitrogens with one attached hydrogen (secondary N) is 1. The predicted molar refractivity (Wildman–Crippen MR) is 83.3 cm³/mol. The average molecular weight is 433 g/mol. The topological polar surface area (TPSA) is 83.5 Å². The summed E-state index contributed by atoms with van der Waals surface area (Å²) in [6.07, 6.45) is -10.3. The molecule has 0 amide bonds. The largest absolute Gasteiger partial charge is 0.477 e. The SMILES string of the molecule is Cc1cc(S(=O)(=O)Nc2cc(C(F)(F)F)cc(C(F)(F)F)c2)sc1C(=O)O. The van der Waals surface area contributed by atoms with Gasteiger partial charge in [-0.3, -0.25) is 4.72 Å². The van der Waals surface area contributed by atoms with E-state index < -0.39 is 49.4 Å². The van der Waals surface area contributed by atoms with Crippen LogP contribution in [0.1, 0.15) is 26.4 Å². The molecule has 0 radical (unpaired) electrons. The summed E-state index contributed by atoms with van der Waals surface area (Å²) in [6.45, 7) is 1.30. The minimum absolute atomic E-state index is 0.0768. The van der Waals surface area contributed by atoms with Crippen LogP contribution in [0.5, 0.6) is 0 Å². The summed E-state index contributed by atoms with van der Waals surface area (Å²) < 4.78 is 103. The fourth-order valence-corrected chi connectivity index (χ4v) is 4.44. The number of rotatable bonds is 4. The molecule has 1 aromatic heterocycles. The molecule has 0 spiro atoms. The van der Waals surface area contributed by atoms with Gasteiger partial charge in [-0.15, -0.1) is 11.3 Å². The van der Waals surface area contributed by atoms with Gasteiger partial charge in [0.1, 0.15) is 9.09 Å². The second-order valence-corrected chi connectivity index (χ2v) is 8.24. The van der Waals surface area contributed by atoms with Crippen molar-refractivity contribution in [1.82, 2.24) is 0 Å². The summed E-state index contributed by atoms with van der Waals surface area (Å²) in [7, 11) is -4.60. The highest BCUT2D eigenvalue weighted by atomic mass is 32.2. The Balaban J connectivity index is 2.52. The van der Waals surface area contributed by atoms with E-state index in [1.54, 1.807) is 4.72 Å². The summed E-state index contributed by atoms with van der Waals surface area (Å²) in [5.41, 5.74) is -4.26. The molecule has 2 aromatic rings. The maximum atomic E-state index is 12.8. The van der Waals surface area contributed by atoms with E-state index in [9.17, 15) is 39.6 Å². The van der Waals surface area contributed by atoms with Crippen molar-refractivity contribution in [2.75, 3.05) is 4.72 Å². The van der Waals surface area contributed by atoms with Crippen molar-refractivity contribution in [3.8, 4) is 0 Å². The van der Waals surface area contributed by atoms with Gasteiger partial charge in [-0.1, -0.05) is 0 Å². The van der Waals surface area contributed by atoms with Crippen LogP contribution in [0.4, 0.5) is 32.0 Å². The highest BCUT2D eigenvalue weighted by Crippen LogP contribution is 2.38. The lowest BCUT2D eigenvalue weighted by molar-refractivity contribution is -0.143. The number of anilines is 1. The third kappa shape index (κ3) is 4.71. The van der Waals surface area contributed by atoms with Gasteiger partial charge in [-0.25, -0.2) is 13.2 Å². The first-order valence-electron chi connectivity index (χ1n) is 6.77. The molecule has 27 heavy (non-hydrogen) atoms. The smallest absolute Gasteiger partial charge is 0.416 e. The van der Waals surface area contributed by atoms with Gasteiger partial charge in [0.2, 0.25) is 0 Å². The molecule has 0 aliphatic carbocycles. The summed E-state index contributed by atoms with van der Waals surface area (Å²) in [5, 5.41) is 8.93. The van der Waals surface area contributed by atoms with E-state index in [2.05, 4.69) is 0 Å². The quantitative estimate of drug-likeness (QED) is 0.691. The number of aromatic carboxylic acids is 1. The van der Waals surface area contributed by atoms with Crippen molar-refractivity contribution in [2.45, 2.75) is 23.5 Å². The predicted octanol–water partition coefficient (Wildman–Crippen LogP) is 4.59. The molecule has 2 rings (SSSR count). The minimum atomic E-state index is -5.14. The van der Waals surface area contributed by atoms with Crippen molar-refractivity contribution < 1.29 is 44.7 Å². The second kappa shape index (κ2) is 6.71. The third-order valence-corrected chi connectivity index (χ3v) is 6.27. The number of hydrogen-bond acceptors (Lipinski definition) is 4. The van der Waals surface area contributed by atoms with Crippen LogP contribution in [-0.2, 0) is 22.4 Å². The van der Waals surface area contributed by atoms with Crippen LogP contribution in [0.25, 0.3) is 0 Å². The first kappa shape index (κ1) is 21.0. The van der Waals surface area contributed by atoms with Crippen LogP contribution in [0.3, 0.4) is 0 Å². The van der Waals surface area contributed by atoms with Crippen molar-refractivity contribution in [1.29, 1.82) is 0 Å². The Hall–Kier alpha value is -2.28. The van der Waals surface area contributed by atoms with E-state index in [0.717, 1.165) is 6.07 Å². The average Bonchev–Trinajstić information content (AvgIpc) is 2.87. The molecule has 1 aromatic carbocycles. The molecule has 5 nitrogen and oxygen atoms in total. The van der Waals surface area contributed by atoms with Gasteiger partial charge in [0.15, 0.2) is 0 Å². The van der Waals surface area contributed by atoms with Crippen LogP contribution in [0.2, 0.25) is 0 Å². The Labute approximate surface area is 152 Å². The van der Waals surface area contributed by atoms with Gasteiger partial charge >= 0.3 is 18.3 Å². The number of halogens is 6. The Kier molecular flexibility index (Phi) is 5.22. The van der Waals surface area contributed by atoms with Crippen LogP contribution >= 0.6 is 11.3 Å². The molecule has 0 saturated heterocycles. The standard InChI is InChI=1S/C14H9F6NO4S2/c1-6-2-10(26-11(6)12(22)23)27(24,25)21-9-4-7(13(15,16)17)3-8(5-9)14(18,19)20/h2-5,21H,1H3,(H,22,23). The van der Waals surface area contributed by atoms with Crippen molar-refractivity contribution in [3.63, 3.8) is 0 Å². The molecule has 2 N–H and O–H groups in total. The highest BCUT2D eigenvalue weighted by Gasteiger charge is 2.37. The monoisotopic (exact) mass is 433 g/mol. The zero-order valence-electron chi connectivity index (χ0n) is 13.1. The van der Waals surface area contributed by atoms with Gasteiger partial charge in [0, 0.05) is 0 Å². The molecule has 0 atom stereocenters. The minimum Gasteiger partial charge on any atom is -0.477 e. The number of benzene rings is 1. The van der Waals surface area contributed by atoms with E-state index in [-0.39, 0.29) is 28.6 Å². The molecule has 0 fully saturated rings. The molecule has 0 aliphatic heterocycles. The number of alkyl halides is 6. The molecular weight excluding hydrogens is 424 g/mol. The van der Waals surface area contributed by atoms with Crippen LogP contribution in [-0.4, -0.2) is 19.5 Å². The first-order chi connectivity index (χ1) is 12.1. The van der Waals surface area contributed by atoms with Gasteiger partial charge in [-0.2, -0.15) is 26.3 Å². The summed E-state index contributed by atoms with van der Waals surface area (Å²) in [6, 6.07) is 1.24. The van der Waals surface area contributed by atoms with Gasteiger partial charge < -0.3 is 5.11 Å². The van der Waals surface area contributed by atoms with Gasteiger partial charge in [-0.05, 0) is 36.8 Å². The Bertz CT molecular complexity index is 960. The van der Waals surface area contributed by atoms with E-state index in [1.165, 1.54) is 6.92 Å². The number of sulfonamides is 1. The van der Waals surface area contributed by atoms with Gasteiger partial charge in [0.25, 0.3) is 10.0 Å². The summed E-state index contributed by atoms with van der Waals surface area (Å²) >= 11 is 0.319. The highest BCUT2D eigenvalue weighted by molar-refractivity contribution is 7.94. The third-order valence-electron chi connectivity index (χ3n) is 3.19. The molecule has 0 aliphatic rings.